The van der Waals surface area contributed by atoms with Crippen molar-refractivity contribution in [1.29, 1.82) is 0 Å². The van der Waals surface area contributed by atoms with Gasteiger partial charge in [0.05, 0.1) is 0 Å². The summed E-state index contributed by atoms with van der Waals surface area (Å²) >= 11 is 3.44. The lowest BCUT2D eigenvalue weighted by Gasteiger charge is -2.06. The molecule has 0 fully saturated rings. The summed E-state index contributed by atoms with van der Waals surface area (Å²) in [4.78, 5) is 0. The second-order valence-electron chi connectivity index (χ2n) is 2.85. The van der Waals surface area contributed by atoms with Crippen LogP contribution < -0.4 is 0 Å². The van der Waals surface area contributed by atoms with E-state index in [1.807, 2.05) is 30.4 Å². The van der Waals surface area contributed by atoms with Crippen LogP contribution in [0.25, 0.3) is 5.57 Å². The SMILES string of the molecule is C=C/C(CBr)=C(\C=C)c1ccccc1. The highest BCUT2D eigenvalue weighted by Gasteiger charge is 2.01. The Kier molecular flexibility index (Phi) is 4.41. The third-order valence-corrected chi connectivity index (χ3v) is 2.63. The summed E-state index contributed by atoms with van der Waals surface area (Å²) in [7, 11) is 0. The minimum absolute atomic E-state index is 0.798. The molecule has 0 saturated heterocycles. The van der Waals surface area contributed by atoms with Gasteiger partial charge in [0.15, 0.2) is 0 Å². The molecule has 1 heteroatoms. The zero-order valence-corrected chi connectivity index (χ0v) is 9.63. The standard InChI is InChI=1S/C13H13Br/c1-3-11(10-14)13(4-2)12-8-6-5-7-9-12/h3-9H,1-2,10H2/b13-11-. The number of rotatable bonds is 4. The van der Waals surface area contributed by atoms with Gasteiger partial charge in [-0.3, -0.25) is 0 Å². The van der Waals surface area contributed by atoms with E-state index >= 15 is 0 Å². The molecule has 0 bridgehead atoms. The molecule has 1 aromatic rings. The van der Waals surface area contributed by atoms with E-state index in [9.17, 15) is 0 Å². The lowest BCUT2D eigenvalue weighted by atomic mass is 10.0. The Labute approximate surface area is 93.8 Å². The van der Waals surface area contributed by atoms with Crippen molar-refractivity contribution < 1.29 is 0 Å². The lowest BCUT2D eigenvalue weighted by molar-refractivity contribution is 1.53. The number of allylic oxidation sites excluding steroid dienone is 4. The van der Waals surface area contributed by atoms with Gasteiger partial charge in [-0.15, -0.1) is 0 Å². The number of hydrogen-bond donors (Lipinski definition) is 0. The molecule has 0 aliphatic heterocycles. The van der Waals surface area contributed by atoms with Crippen molar-refractivity contribution >= 4 is 21.5 Å². The fraction of sp³-hybridized carbons (Fsp3) is 0.0769. The molecule has 0 heterocycles. The maximum absolute atomic E-state index is 3.83. The van der Waals surface area contributed by atoms with E-state index in [-0.39, 0.29) is 0 Å². The van der Waals surface area contributed by atoms with E-state index < -0.39 is 0 Å². The van der Waals surface area contributed by atoms with Crippen LogP contribution in [0.3, 0.4) is 0 Å². The molecule has 0 amide bonds. The quantitative estimate of drug-likeness (QED) is 0.554. The second kappa shape index (κ2) is 5.61. The molecule has 72 valence electrons. The van der Waals surface area contributed by atoms with Gasteiger partial charge in [-0.1, -0.05) is 71.6 Å². The van der Waals surface area contributed by atoms with Crippen LogP contribution in [0.1, 0.15) is 5.56 Å². The Morgan fingerprint density at radius 3 is 2.21 bits per heavy atom. The summed E-state index contributed by atoms with van der Waals surface area (Å²) in [5.41, 5.74) is 3.47. The van der Waals surface area contributed by atoms with E-state index in [2.05, 4.69) is 41.2 Å². The van der Waals surface area contributed by atoms with Crippen molar-refractivity contribution in [1.82, 2.24) is 0 Å². The van der Waals surface area contributed by atoms with Crippen LogP contribution >= 0.6 is 15.9 Å². The first-order chi connectivity index (χ1) is 6.83. The van der Waals surface area contributed by atoms with Gasteiger partial charge >= 0.3 is 0 Å². The highest BCUT2D eigenvalue weighted by atomic mass is 79.9. The molecule has 0 N–H and O–H groups in total. The molecule has 0 aliphatic carbocycles. The number of halogens is 1. The highest BCUT2D eigenvalue weighted by molar-refractivity contribution is 9.09. The van der Waals surface area contributed by atoms with Crippen molar-refractivity contribution in [2.45, 2.75) is 0 Å². The lowest BCUT2D eigenvalue weighted by Crippen LogP contribution is -1.87. The van der Waals surface area contributed by atoms with Crippen molar-refractivity contribution in [3.05, 3.63) is 66.8 Å². The zero-order chi connectivity index (χ0) is 10.4. The fourth-order valence-corrected chi connectivity index (χ4v) is 1.82. The summed E-state index contributed by atoms with van der Waals surface area (Å²) in [5.74, 6) is 0. The van der Waals surface area contributed by atoms with Gasteiger partial charge in [-0.25, -0.2) is 0 Å². The van der Waals surface area contributed by atoms with Gasteiger partial charge in [0.2, 0.25) is 0 Å². The van der Waals surface area contributed by atoms with Gasteiger partial charge in [-0.2, -0.15) is 0 Å². The smallest absolute Gasteiger partial charge is 0.0288 e. The molecule has 0 aromatic heterocycles. The average Bonchev–Trinajstić information content (AvgIpc) is 2.27. The molecule has 0 aliphatic rings. The Balaban J connectivity index is 3.22. The summed E-state index contributed by atoms with van der Waals surface area (Å²) in [6.45, 7) is 7.62. The Morgan fingerprint density at radius 1 is 1.14 bits per heavy atom. The largest absolute Gasteiger partial charge is 0.0987 e. The molecular formula is C13H13Br. The number of alkyl halides is 1. The maximum atomic E-state index is 3.83. The van der Waals surface area contributed by atoms with Gasteiger partial charge < -0.3 is 0 Å². The van der Waals surface area contributed by atoms with Gasteiger partial charge in [0.25, 0.3) is 0 Å². The highest BCUT2D eigenvalue weighted by Crippen LogP contribution is 2.21. The van der Waals surface area contributed by atoms with Crippen LogP contribution in [0.4, 0.5) is 0 Å². The van der Waals surface area contributed by atoms with E-state index in [4.69, 9.17) is 0 Å². The van der Waals surface area contributed by atoms with Crippen molar-refractivity contribution in [3.63, 3.8) is 0 Å². The Morgan fingerprint density at radius 2 is 1.79 bits per heavy atom. The predicted molar refractivity (Wildman–Crippen MR) is 67.6 cm³/mol. The molecular weight excluding hydrogens is 236 g/mol. The average molecular weight is 249 g/mol. The van der Waals surface area contributed by atoms with E-state index in [1.54, 1.807) is 0 Å². The third kappa shape index (κ3) is 2.46. The maximum Gasteiger partial charge on any atom is 0.0288 e. The summed E-state index contributed by atoms with van der Waals surface area (Å²) in [5, 5.41) is 0.798. The van der Waals surface area contributed by atoms with Crippen LogP contribution in [0.2, 0.25) is 0 Å². The topological polar surface area (TPSA) is 0 Å². The first-order valence-corrected chi connectivity index (χ1v) is 5.55. The minimum Gasteiger partial charge on any atom is -0.0987 e. The van der Waals surface area contributed by atoms with E-state index in [0.717, 1.165) is 16.5 Å². The van der Waals surface area contributed by atoms with Gasteiger partial charge in [0.1, 0.15) is 0 Å². The first-order valence-electron chi connectivity index (χ1n) is 4.43. The summed E-state index contributed by atoms with van der Waals surface area (Å²) in [6.07, 6.45) is 3.73. The summed E-state index contributed by atoms with van der Waals surface area (Å²) < 4.78 is 0. The molecule has 1 rings (SSSR count). The molecule has 0 atom stereocenters. The zero-order valence-electron chi connectivity index (χ0n) is 8.04. The van der Waals surface area contributed by atoms with E-state index in [1.165, 1.54) is 5.56 Å². The molecule has 0 unspecified atom stereocenters. The molecule has 14 heavy (non-hydrogen) atoms. The van der Waals surface area contributed by atoms with Crippen LogP contribution in [0.15, 0.2) is 61.2 Å². The van der Waals surface area contributed by atoms with Crippen LogP contribution in [0.5, 0.6) is 0 Å². The van der Waals surface area contributed by atoms with E-state index in [0.29, 0.717) is 0 Å². The van der Waals surface area contributed by atoms with Crippen LogP contribution in [-0.2, 0) is 0 Å². The third-order valence-electron chi connectivity index (χ3n) is 2.03. The fourth-order valence-electron chi connectivity index (χ4n) is 1.29. The van der Waals surface area contributed by atoms with Crippen LogP contribution in [-0.4, -0.2) is 5.33 Å². The summed E-state index contributed by atoms with van der Waals surface area (Å²) in [6, 6.07) is 10.2. The Hall–Kier alpha value is -1.08. The van der Waals surface area contributed by atoms with Crippen molar-refractivity contribution in [2.75, 3.05) is 5.33 Å². The predicted octanol–water partition coefficient (Wildman–Crippen LogP) is 4.21. The molecule has 0 radical (unpaired) electrons. The van der Waals surface area contributed by atoms with Gasteiger partial charge in [-0.05, 0) is 16.7 Å². The molecule has 0 nitrogen and oxygen atoms in total. The molecule has 0 spiro atoms. The van der Waals surface area contributed by atoms with Gasteiger partial charge in [0, 0.05) is 5.33 Å². The normalized spacial score (nSPS) is 11.8. The number of hydrogen-bond acceptors (Lipinski definition) is 0. The number of benzene rings is 1. The van der Waals surface area contributed by atoms with Crippen molar-refractivity contribution in [3.8, 4) is 0 Å². The van der Waals surface area contributed by atoms with Crippen LogP contribution in [0, 0.1) is 0 Å². The minimum atomic E-state index is 0.798. The monoisotopic (exact) mass is 248 g/mol. The second-order valence-corrected chi connectivity index (χ2v) is 3.41. The molecule has 0 saturated carbocycles. The van der Waals surface area contributed by atoms with Crippen molar-refractivity contribution in [2.24, 2.45) is 0 Å². The first kappa shape index (κ1) is 11.0. The molecule has 1 aromatic carbocycles. The Bertz CT molecular complexity index is 347.